The highest BCUT2D eigenvalue weighted by molar-refractivity contribution is 7.86. The summed E-state index contributed by atoms with van der Waals surface area (Å²) in [5.41, 5.74) is 0.596. The van der Waals surface area contributed by atoms with Gasteiger partial charge < -0.3 is 14.8 Å². The number of carbonyl (C=O) groups excluding carboxylic acids is 3. The van der Waals surface area contributed by atoms with Crippen molar-refractivity contribution in [2.75, 3.05) is 12.9 Å². The highest BCUT2D eigenvalue weighted by Crippen LogP contribution is 2.36. The molecule has 8 nitrogen and oxygen atoms in total. The fraction of sp³-hybridized carbons (Fsp3) is 0.286. The molecule has 0 radical (unpaired) electrons. The molecule has 3 atom stereocenters. The van der Waals surface area contributed by atoms with E-state index in [1.165, 1.54) is 11.3 Å². The van der Waals surface area contributed by atoms with E-state index < -0.39 is 34.1 Å². The summed E-state index contributed by atoms with van der Waals surface area (Å²) in [6.45, 7) is -0.0345. The number of rotatable bonds is 7. The van der Waals surface area contributed by atoms with Crippen LogP contribution in [0.5, 0.6) is 5.75 Å². The summed E-state index contributed by atoms with van der Waals surface area (Å²) in [6.07, 6.45) is 0.119. The van der Waals surface area contributed by atoms with Crippen LogP contribution in [0.4, 0.5) is 0 Å². The summed E-state index contributed by atoms with van der Waals surface area (Å²) in [7, 11) is -0.0132. The minimum Gasteiger partial charge on any atom is -0.497 e. The first-order valence-corrected chi connectivity index (χ1v) is 12.2. The second-order valence-electron chi connectivity index (χ2n) is 7.10. The van der Waals surface area contributed by atoms with Crippen LogP contribution < -0.4 is 10.1 Å². The van der Waals surface area contributed by atoms with Crippen LogP contribution in [0.3, 0.4) is 0 Å². The molecule has 1 N–H and O–H groups in total. The molecule has 0 aliphatic carbocycles. The van der Waals surface area contributed by atoms with E-state index in [0.29, 0.717) is 5.75 Å². The van der Waals surface area contributed by atoms with Crippen molar-refractivity contribution in [3.05, 3.63) is 62.9 Å². The third-order valence-electron chi connectivity index (χ3n) is 5.03. The lowest BCUT2D eigenvalue weighted by molar-refractivity contribution is -0.153. The van der Waals surface area contributed by atoms with Crippen molar-refractivity contribution >= 4 is 51.5 Å². The van der Waals surface area contributed by atoms with E-state index in [1.807, 2.05) is 17.5 Å². The number of hydrogen-bond donors (Lipinski definition) is 1. The smallest absolute Gasteiger partial charge is 0.356 e. The first-order chi connectivity index (χ1) is 15.4. The molecule has 1 aromatic heterocycles. The SMILES string of the molecule is COc1ccc(COC(=O)C2=C(Cl)CS(=O)[C@H]3C(NC(=O)Cc4cccs4)C(=O)N23)cc1. The quantitative estimate of drug-likeness (QED) is 0.466. The zero-order valence-electron chi connectivity index (χ0n) is 16.9. The van der Waals surface area contributed by atoms with E-state index in [1.54, 1.807) is 31.4 Å². The van der Waals surface area contributed by atoms with E-state index >= 15 is 0 Å². The minimum absolute atomic E-state index is 0.00368. The second kappa shape index (κ2) is 9.43. The van der Waals surface area contributed by atoms with Crippen molar-refractivity contribution in [3.63, 3.8) is 0 Å². The minimum atomic E-state index is -1.56. The summed E-state index contributed by atoms with van der Waals surface area (Å²) < 4.78 is 23.0. The van der Waals surface area contributed by atoms with Gasteiger partial charge in [0.2, 0.25) is 5.91 Å². The number of nitrogens with one attached hydrogen (secondary N) is 1. The van der Waals surface area contributed by atoms with Gasteiger partial charge in [-0.2, -0.15) is 0 Å². The van der Waals surface area contributed by atoms with Crippen molar-refractivity contribution in [2.45, 2.75) is 24.4 Å². The van der Waals surface area contributed by atoms with Crippen LogP contribution >= 0.6 is 22.9 Å². The zero-order valence-corrected chi connectivity index (χ0v) is 19.3. The van der Waals surface area contributed by atoms with Gasteiger partial charge in [-0.1, -0.05) is 29.8 Å². The number of ether oxygens (including phenoxy) is 2. The molecule has 0 bridgehead atoms. The van der Waals surface area contributed by atoms with Gasteiger partial charge in [0, 0.05) is 4.88 Å². The van der Waals surface area contributed by atoms with E-state index in [4.69, 9.17) is 21.1 Å². The highest BCUT2D eigenvalue weighted by atomic mass is 35.5. The van der Waals surface area contributed by atoms with Crippen LogP contribution in [0, 0.1) is 0 Å². The maximum atomic E-state index is 12.7. The number of thiophene rings is 1. The predicted molar refractivity (Wildman–Crippen MR) is 119 cm³/mol. The van der Waals surface area contributed by atoms with Crippen LogP contribution in [0.1, 0.15) is 10.4 Å². The van der Waals surface area contributed by atoms with E-state index in [0.717, 1.165) is 15.3 Å². The number of amides is 2. The van der Waals surface area contributed by atoms with Crippen LogP contribution in [-0.2, 0) is 42.9 Å². The Kier molecular flexibility index (Phi) is 6.63. The Hall–Kier alpha value is -2.69. The topological polar surface area (TPSA) is 102 Å². The summed E-state index contributed by atoms with van der Waals surface area (Å²) in [5.74, 6) is -1.12. The number of fused-ring (bicyclic) bond motifs is 1. The van der Waals surface area contributed by atoms with Crippen LogP contribution in [0.25, 0.3) is 0 Å². The van der Waals surface area contributed by atoms with Gasteiger partial charge in [0.05, 0.1) is 35.1 Å². The normalized spacial score (nSPS) is 22.1. The summed E-state index contributed by atoms with van der Waals surface area (Å²) >= 11 is 7.62. The average Bonchev–Trinajstić information content (AvgIpc) is 3.29. The highest BCUT2D eigenvalue weighted by Gasteiger charge is 2.57. The van der Waals surface area contributed by atoms with E-state index in [-0.39, 0.29) is 35.4 Å². The molecule has 1 aromatic carbocycles. The number of esters is 1. The largest absolute Gasteiger partial charge is 0.497 e. The molecular formula is C21H19ClN2O6S2. The van der Waals surface area contributed by atoms with Crippen molar-refractivity contribution in [1.29, 1.82) is 0 Å². The van der Waals surface area contributed by atoms with Crippen molar-refractivity contribution < 1.29 is 28.1 Å². The van der Waals surface area contributed by atoms with E-state index in [2.05, 4.69) is 5.32 Å². The third-order valence-corrected chi connectivity index (χ3v) is 7.98. The van der Waals surface area contributed by atoms with Crippen molar-refractivity contribution in [1.82, 2.24) is 10.2 Å². The Morgan fingerprint density at radius 1 is 1.28 bits per heavy atom. The summed E-state index contributed by atoms with van der Waals surface area (Å²) in [6, 6.07) is 9.63. The van der Waals surface area contributed by atoms with Crippen molar-refractivity contribution in [2.24, 2.45) is 0 Å². The van der Waals surface area contributed by atoms with Crippen molar-refractivity contribution in [3.8, 4) is 5.75 Å². The van der Waals surface area contributed by atoms with Gasteiger partial charge in [0.1, 0.15) is 29.5 Å². The molecule has 168 valence electrons. The van der Waals surface area contributed by atoms with E-state index in [9.17, 15) is 18.6 Å². The second-order valence-corrected chi connectivity index (χ2v) is 10.1. The first kappa shape index (κ1) is 22.5. The molecule has 4 rings (SSSR count). The molecule has 2 amide bonds. The Labute approximate surface area is 195 Å². The number of hydrogen-bond acceptors (Lipinski definition) is 7. The monoisotopic (exact) mass is 494 g/mol. The molecule has 2 aliphatic heterocycles. The predicted octanol–water partition coefficient (Wildman–Crippen LogP) is 1.91. The maximum absolute atomic E-state index is 12.7. The molecule has 2 aromatic rings. The zero-order chi connectivity index (χ0) is 22.8. The number of halogens is 1. The third kappa shape index (κ3) is 4.43. The van der Waals surface area contributed by atoms with Gasteiger partial charge in [-0.3, -0.25) is 18.7 Å². The van der Waals surface area contributed by atoms with Gasteiger partial charge in [-0.15, -0.1) is 11.3 Å². The molecular weight excluding hydrogens is 476 g/mol. The Balaban J connectivity index is 1.42. The number of nitrogens with zero attached hydrogens (tertiary/aromatic N) is 1. The summed E-state index contributed by atoms with van der Waals surface area (Å²) in [5, 5.41) is 3.62. The first-order valence-electron chi connectivity index (χ1n) is 9.59. The van der Waals surface area contributed by atoms with Gasteiger partial charge >= 0.3 is 5.97 Å². The lowest BCUT2D eigenvalue weighted by Crippen LogP contribution is -2.73. The van der Waals surface area contributed by atoms with Gasteiger partial charge in [-0.25, -0.2) is 4.79 Å². The molecule has 1 fully saturated rings. The fourth-order valence-corrected chi connectivity index (χ4v) is 6.14. The molecule has 32 heavy (non-hydrogen) atoms. The number of carbonyl (C=O) groups is 3. The Bertz CT molecular complexity index is 1100. The number of β-lactam (4-membered cyclic amide) rings is 1. The molecule has 2 aliphatic rings. The van der Waals surface area contributed by atoms with Gasteiger partial charge in [-0.05, 0) is 29.1 Å². The maximum Gasteiger partial charge on any atom is 0.356 e. The van der Waals surface area contributed by atoms with Crippen LogP contribution in [0.2, 0.25) is 0 Å². The molecule has 0 saturated carbocycles. The molecule has 0 spiro atoms. The lowest BCUT2D eigenvalue weighted by atomic mass is 10.0. The molecule has 1 saturated heterocycles. The lowest BCUT2D eigenvalue weighted by Gasteiger charge is -2.48. The van der Waals surface area contributed by atoms with Gasteiger partial charge in [0.15, 0.2) is 0 Å². The Morgan fingerprint density at radius 3 is 2.69 bits per heavy atom. The molecule has 11 heteroatoms. The van der Waals surface area contributed by atoms with Gasteiger partial charge in [0.25, 0.3) is 5.91 Å². The molecule has 2 unspecified atom stereocenters. The standard InChI is InChI=1S/C21H19ClN2O6S2/c1-29-13-6-4-12(5-7-13)10-30-21(27)18-15(22)11-32(28)20-17(19(26)24(18)20)23-16(25)9-14-3-2-8-31-14/h2-8,17,20H,9-11H2,1H3,(H,23,25)/t17?,20-,32?/m0/s1. The fourth-order valence-electron chi connectivity index (χ4n) is 3.46. The number of benzene rings is 1. The summed E-state index contributed by atoms with van der Waals surface area (Å²) in [4.78, 5) is 39.7. The Morgan fingerprint density at radius 2 is 2.03 bits per heavy atom. The van der Waals surface area contributed by atoms with Crippen LogP contribution in [0.15, 0.2) is 52.5 Å². The average molecular weight is 495 g/mol. The molecule has 3 heterocycles. The number of methoxy groups -OCH3 is 1. The van der Waals surface area contributed by atoms with Crippen LogP contribution in [-0.4, -0.2) is 51.2 Å².